The molecule has 1 N–H and O–H groups in total. The van der Waals surface area contributed by atoms with E-state index < -0.39 is 17.7 Å². The number of esters is 1. The molecule has 2 aromatic carbocycles. The summed E-state index contributed by atoms with van der Waals surface area (Å²) in [5.41, 5.74) is 11.6. The number of hydrogen-bond acceptors (Lipinski definition) is 5. The Labute approximate surface area is 279 Å². The lowest BCUT2D eigenvalue weighted by molar-refractivity contribution is -0.433. The Morgan fingerprint density at radius 1 is 0.830 bits per heavy atom. The number of aliphatic hydroxyl groups excluding tert-OH is 1. The van der Waals surface area contributed by atoms with Gasteiger partial charge in [-0.15, -0.1) is 0 Å². The van der Waals surface area contributed by atoms with Crippen LogP contribution in [0.25, 0.3) is 0 Å². The number of allylic oxidation sites excluding steroid dienone is 9. The molecule has 2 aromatic rings. The number of fused-ring (bicyclic) bond motifs is 2. The average molecular weight is 632 g/mol. The Kier molecular flexibility index (Phi) is 7.77. The van der Waals surface area contributed by atoms with Crippen LogP contribution in [0.4, 0.5) is 11.4 Å². The van der Waals surface area contributed by atoms with Crippen molar-refractivity contribution < 1.29 is 24.0 Å². The molecule has 0 spiro atoms. The Morgan fingerprint density at radius 2 is 1.51 bits per heavy atom. The van der Waals surface area contributed by atoms with Crippen LogP contribution < -0.4 is 4.90 Å². The first-order valence-electron chi connectivity index (χ1n) is 16.6. The fourth-order valence-electron chi connectivity index (χ4n) is 7.55. The van der Waals surface area contributed by atoms with E-state index in [9.17, 15) is 9.90 Å². The fraction of sp³-hybridized carbons (Fsp3) is 0.366. The molecule has 0 radical (unpaired) electrons. The molecular weight excluding hydrogens is 584 g/mol. The molecule has 0 unspecified atom stereocenters. The molecule has 47 heavy (non-hydrogen) atoms. The van der Waals surface area contributed by atoms with Gasteiger partial charge in [-0.2, -0.15) is 4.58 Å². The predicted octanol–water partition coefficient (Wildman–Crippen LogP) is 8.83. The van der Waals surface area contributed by atoms with E-state index in [1.807, 2.05) is 24.3 Å². The maximum absolute atomic E-state index is 13.5. The Bertz CT molecular complexity index is 1920. The Balaban J connectivity index is 1.49. The minimum atomic E-state index is -1.27. The Morgan fingerprint density at radius 3 is 2.17 bits per heavy atom. The van der Waals surface area contributed by atoms with E-state index in [4.69, 9.17) is 9.47 Å². The van der Waals surface area contributed by atoms with Gasteiger partial charge in [-0.1, -0.05) is 61.4 Å². The standard InChI is InChI=1S/C41H46N2O4/c1-11-42-31-19-13-25(3)23-29(31)39(5,6)33(42)21-17-27-15-16-28(35(27)36-37(44)46-41(9,10)47-38(36)45)18-22-34-40(7,8)30-24-26(4)14-20-32(30)43(34)12-2/h13-24H,11-12H2,1-10H3/p+1. The van der Waals surface area contributed by atoms with E-state index in [1.165, 1.54) is 45.0 Å². The van der Waals surface area contributed by atoms with E-state index in [0.29, 0.717) is 5.57 Å². The number of carbonyl (C=O) groups excluding carboxylic acids is 1. The van der Waals surface area contributed by atoms with Crippen molar-refractivity contribution in [2.75, 3.05) is 18.0 Å². The minimum absolute atomic E-state index is 0.0255. The van der Waals surface area contributed by atoms with Crippen LogP contribution in [0.3, 0.4) is 0 Å². The Hall–Kier alpha value is -4.58. The second kappa shape index (κ2) is 11.3. The summed E-state index contributed by atoms with van der Waals surface area (Å²) in [4.78, 5) is 15.9. The summed E-state index contributed by atoms with van der Waals surface area (Å²) in [6.45, 7) is 22.5. The number of hydrogen-bond donors (Lipinski definition) is 1. The monoisotopic (exact) mass is 631 g/mol. The zero-order valence-electron chi connectivity index (χ0n) is 29.4. The van der Waals surface area contributed by atoms with Crippen molar-refractivity contribution >= 4 is 23.1 Å². The number of anilines is 1. The molecule has 0 saturated carbocycles. The SMILES string of the molecule is CCN1C(=CC=C2C=CC(C=CC3=[N+](CC)c4ccc(C)cc4C3(C)C)=C2C2=C(O)OC(C)(C)OC2=O)C(C)(C)c2cc(C)ccc21. The summed E-state index contributed by atoms with van der Waals surface area (Å²) in [6.07, 6.45) is 12.4. The number of benzene rings is 2. The molecule has 3 aliphatic heterocycles. The maximum atomic E-state index is 13.5. The van der Waals surface area contributed by atoms with Gasteiger partial charge in [-0.05, 0) is 82.5 Å². The molecule has 4 aliphatic rings. The van der Waals surface area contributed by atoms with E-state index in [-0.39, 0.29) is 16.4 Å². The van der Waals surface area contributed by atoms with Crippen molar-refractivity contribution in [3.8, 4) is 0 Å². The van der Waals surface area contributed by atoms with E-state index in [1.54, 1.807) is 13.8 Å². The summed E-state index contributed by atoms with van der Waals surface area (Å²) in [7, 11) is 0. The molecule has 0 atom stereocenters. The maximum Gasteiger partial charge on any atom is 0.349 e. The highest BCUT2D eigenvalue weighted by atomic mass is 16.8. The molecule has 6 nitrogen and oxygen atoms in total. The fourth-order valence-corrected chi connectivity index (χ4v) is 7.55. The van der Waals surface area contributed by atoms with Crippen LogP contribution >= 0.6 is 0 Å². The molecule has 0 saturated heterocycles. The van der Waals surface area contributed by atoms with Crippen molar-refractivity contribution in [3.63, 3.8) is 0 Å². The molecule has 0 aromatic heterocycles. The first-order valence-corrected chi connectivity index (χ1v) is 16.6. The first-order chi connectivity index (χ1) is 22.1. The highest BCUT2D eigenvalue weighted by Crippen LogP contribution is 2.48. The number of cyclic esters (lactones) is 1. The molecule has 3 heterocycles. The quantitative estimate of drug-likeness (QED) is 0.255. The first kappa shape index (κ1) is 32.4. The zero-order valence-corrected chi connectivity index (χ0v) is 29.4. The number of aryl methyl sites for hydroxylation is 2. The summed E-state index contributed by atoms with van der Waals surface area (Å²) in [5.74, 6) is -2.32. The molecular formula is C41H47N2O4+. The highest BCUT2D eigenvalue weighted by molar-refractivity contribution is 6.04. The third-order valence-corrected chi connectivity index (χ3v) is 9.94. The van der Waals surface area contributed by atoms with Crippen LogP contribution in [0, 0.1) is 13.8 Å². The number of carbonyl (C=O) groups is 1. The lowest BCUT2D eigenvalue weighted by Gasteiger charge is -2.31. The number of rotatable bonds is 6. The van der Waals surface area contributed by atoms with Gasteiger partial charge in [0.25, 0.3) is 11.7 Å². The van der Waals surface area contributed by atoms with Crippen molar-refractivity contribution in [2.45, 2.75) is 85.9 Å². The van der Waals surface area contributed by atoms with Crippen LogP contribution in [0.5, 0.6) is 0 Å². The summed E-state index contributed by atoms with van der Waals surface area (Å²) in [6, 6.07) is 13.3. The van der Waals surface area contributed by atoms with Crippen LogP contribution in [0.2, 0.25) is 0 Å². The van der Waals surface area contributed by atoms with Gasteiger partial charge in [-0.3, -0.25) is 0 Å². The van der Waals surface area contributed by atoms with Gasteiger partial charge in [0.1, 0.15) is 12.1 Å². The lowest BCUT2D eigenvalue weighted by atomic mass is 9.80. The van der Waals surface area contributed by atoms with Gasteiger partial charge in [-0.25, -0.2) is 4.79 Å². The van der Waals surface area contributed by atoms with Crippen molar-refractivity contribution in [1.29, 1.82) is 0 Å². The summed E-state index contributed by atoms with van der Waals surface area (Å²) in [5, 5.41) is 11.2. The van der Waals surface area contributed by atoms with Crippen molar-refractivity contribution in [2.24, 2.45) is 0 Å². The zero-order chi connectivity index (χ0) is 34.1. The number of ether oxygens (including phenoxy) is 2. The van der Waals surface area contributed by atoms with Crippen LogP contribution in [0.15, 0.2) is 107 Å². The van der Waals surface area contributed by atoms with Crippen molar-refractivity contribution in [3.05, 3.63) is 129 Å². The van der Waals surface area contributed by atoms with Crippen molar-refractivity contribution in [1.82, 2.24) is 0 Å². The third kappa shape index (κ3) is 5.28. The average Bonchev–Trinajstić information content (AvgIpc) is 3.54. The van der Waals surface area contributed by atoms with Gasteiger partial charge in [0.2, 0.25) is 5.69 Å². The molecule has 0 bridgehead atoms. The van der Waals surface area contributed by atoms with Crippen LogP contribution in [-0.2, 0) is 25.1 Å². The lowest BCUT2D eigenvalue weighted by Crippen LogP contribution is -2.37. The van der Waals surface area contributed by atoms with Gasteiger partial charge in [0, 0.05) is 60.5 Å². The molecule has 0 amide bonds. The number of likely N-dealkylation sites (N-methyl/N-ethyl adjacent to an activating group) is 1. The van der Waals surface area contributed by atoms with Gasteiger partial charge in [0.15, 0.2) is 5.71 Å². The minimum Gasteiger partial charge on any atom is -0.480 e. The molecule has 0 fully saturated rings. The predicted molar refractivity (Wildman–Crippen MR) is 189 cm³/mol. The normalized spacial score (nSPS) is 22.6. The largest absolute Gasteiger partial charge is 0.480 e. The van der Waals surface area contributed by atoms with Gasteiger partial charge >= 0.3 is 5.97 Å². The van der Waals surface area contributed by atoms with Gasteiger partial charge < -0.3 is 19.5 Å². The number of nitrogens with zero attached hydrogens (tertiary/aromatic N) is 2. The second-order valence-corrected chi connectivity index (χ2v) is 14.4. The molecule has 6 rings (SSSR count). The van der Waals surface area contributed by atoms with Crippen LogP contribution in [-0.4, -0.2) is 40.2 Å². The third-order valence-electron chi connectivity index (χ3n) is 9.94. The van der Waals surface area contributed by atoms with E-state index in [2.05, 4.69) is 113 Å². The van der Waals surface area contributed by atoms with E-state index in [0.717, 1.165) is 24.2 Å². The topological polar surface area (TPSA) is 62.0 Å². The van der Waals surface area contributed by atoms with Crippen LogP contribution in [0.1, 0.15) is 77.6 Å². The smallest absolute Gasteiger partial charge is 0.349 e. The summed E-state index contributed by atoms with van der Waals surface area (Å²) >= 11 is 0. The van der Waals surface area contributed by atoms with E-state index >= 15 is 0 Å². The molecule has 1 aliphatic carbocycles. The number of aliphatic hydroxyl groups is 1. The molecule has 244 valence electrons. The molecule has 6 heteroatoms. The highest BCUT2D eigenvalue weighted by Gasteiger charge is 2.45. The summed E-state index contributed by atoms with van der Waals surface area (Å²) < 4.78 is 13.7. The second-order valence-electron chi connectivity index (χ2n) is 14.4. The van der Waals surface area contributed by atoms with Gasteiger partial charge in [0.05, 0.1) is 5.41 Å².